The molecule has 0 saturated carbocycles. The lowest BCUT2D eigenvalue weighted by Crippen LogP contribution is -2.52. The average molecular weight is 254 g/mol. The predicted octanol–water partition coefficient (Wildman–Crippen LogP) is 0.698. The summed E-state index contributed by atoms with van der Waals surface area (Å²) >= 11 is 0. The monoisotopic (exact) mass is 254 g/mol. The minimum atomic E-state index is -0.858. The molecule has 0 radical (unpaired) electrons. The van der Waals surface area contributed by atoms with Crippen molar-refractivity contribution in [3.63, 3.8) is 0 Å². The van der Waals surface area contributed by atoms with Crippen LogP contribution in [0.15, 0.2) is 0 Å². The molecule has 2 atom stereocenters. The number of amides is 1. The van der Waals surface area contributed by atoms with Crippen LogP contribution in [0.2, 0.25) is 0 Å². The molecule has 2 aliphatic rings. The third-order valence-corrected chi connectivity index (χ3v) is 4.12. The number of piperidine rings is 2. The van der Waals surface area contributed by atoms with E-state index in [1.165, 1.54) is 0 Å². The molecule has 2 aliphatic heterocycles. The number of carbonyl (C=O) groups excluding carboxylic acids is 1. The normalized spacial score (nSPS) is 30.2. The van der Waals surface area contributed by atoms with Crippen LogP contribution in [-0.2, 0) is 9.59 Å². The molecule has 0 aromatic heterocycles. The molecule has 0 aromatic rings. The quantitative estimate of drug-likeness (QED) is 0.761. The van der Waals surface area contributed by atoms with Gasteiger partial charge < -0.3 is 15.3 Å². The second kappa shape index (κ2) is 5.69. The number of hydrogen-bond donors (Lipinski definition) is 2. The molecule has 0 aromatic carbocycles. The highest BCUT2D eigenvalue weighted by Crippen LogP contribution is 2.26. The highest BCUT2D eigenvalue weighted by atomic mass is 16.4. The Morgan fingerprint density at radius 3 is 2.50 bits per heavy atom. The molecule has 2 unspecified atom stereocenters. The summed E-state index contributed by atoms with van der Waals surface area (Å²) in [5.41, 5.74) is 0. The number of rotatable bonds is 2. The lowest BCUT2D eigenvalue weighted by atomic mass is 9.89. The van der Waals surface area contributed by atoms with Gasteiger partial charge in [0.05, 0.1) is 0 Å². The molecule has 102 valence electrons. The Kier molecular flexibility index (Phi) is 4.22. The Labute approximate surface area is 108 Å². The molecule has 0 bridgehead atoms. The number of likely N-dealkylation sites (tertiary alicyclic amines) is 1. The van der Waals surface area contributed by atoms with Gasteiger partial charge in [0.2, 0.25) is 5.91 Å². The minimum Gasteiger partial charge on any atom is -0.480 e. The van der Waals surface area contributed by atoms with Crippen molar-refractivity contribution in [2.24, 2.45) is 11.8 Å². The molecule has 2 heterocycles. The fraction of sp³-hybridized carbons (Fsp3) is 0.846. The molecule has 2 N–H and O–H groups in total. The van der Waals surface area contributed by atoms with E-state index in [1.807, 2.05) is 0 Å². The van der Waals surface area contributed by atoms with Crippen LogP contribution in [-0.4, -0.2) is 47.6 Å². The van der Waals surface area contributed by atoms with Crippen molar-refractivity contribution in [3.05, 3.63) is 0 Å². The molecular weight excluding hydrogens is 232 g/mol. The maximum absolute atomic E-state index is 12.4. The van der Waals surface area contributed by atoms with Gasteiger partial charge in [-0.25, -0.2) is 4.79 Å². The van der Waals surface area contributed by atoms with Gasteiger partial charge in [0.15, 0.2) is 0 Å². The van der Waals surface area contributed by atoms with Crippen molar-refractivity contribution in [1.82, 2.24) is 10.2 Å². The lowest BCUT2D eigenvalue weighted by Gasteiger charge is -2.38. The fourth-order valence-electron chi connectivity index (χ4n) is 2.94. The number of nitrogens with zero attached hydrogens (tertiary/aromatic N) is 1. The summed E-state index contributed by atoms with van der Waals surface area (Å²) in [4.78, 5) is 25.3. The van der Waals surface area contributed by atoms with Gasteiger partial charge >= 0.3 is 5.97 Å². The van der Waals surface area contributed by atoms with E-state index in [-0.39, 0.29) is 11.8 Å². The maximum Gasteiger partial charge on any atom is 0.326 e. The van der Waals surface area contributed by atoms with Gasteiger partial charge in [-0.3, -0.25) is 4.79 Å². The minimum absolute atomic E-state index is 0.0153. The zero-order valence-electron chi connectivity index (χ0n) is 10.9. The van der Waals surface area contributed by atoms with Crippen LogP contribution in [0.25, 0.3) is 0 Å². The number of nitrogens with one attached hydrogen (secondary N) is 1. The Hall–Kier alpha value is -1.10. The Morgan fingerprint density at radius 2 is 1.89 bits per heavy atom. The van der Waals surface area contributed by atoms with Crippen molar-refractivity contribution >= 4 is 11.9 Å². The van der Waals surface area contributed by atoms with Crippen LogP contribution in [0.5, 0.6) is 0 Å². The number of aliphatic carboxylic acids is 1. The zero-order chi connectivity index (χ0) is 13.1. The van der Waals surface area contributed by atoms with E-state index in [4.69, 9.17) is 0 Å². The van der Waals surface area contributed by atoms with Gasteiger partial charge in [-0.05, 0) is 44.7 Å². The van der Waals surface area contributed by atoms with E-state index < -0.39 is 12.0 Å². The summed E-state index contributed by atoms with van der Waals surface area (Å²) in [7, 11) is 0. The summed E-state index contributed by atoms with van der Waals surface area (Å²) in [6, 6.07) is -0.615. The van der Waals surface area contributed by atoms with E-state index in [0.29, 0.717) is 18.9 Å². The first kappa shape index (κ1) is 13.3. The average Bonchev–Trinajstić information content (AvgIpc) is 2.39. The SMILES string of the molecule is CC1CCN(C(=O)C2CCNCC2)C(C(=O)O)C1. The van der Waals surface area contributed by atoms with E-state index in [2.05, 4.69) is 12.2 Å². The zero-order valence-corrected chi connectivity index (χ0v) is 10.9. The van der Waals surface area contributed by atoms with Crippen molar-refractivity contribution in [1.29, 1.82) is 0 Å². The van der Waals surface area contributed by atoms with Crippen LogP contribution in [0.4, 0.5) is 0 Å². The van der Waals surface area contributed by atoms with E-state index in [9.17, 15) is 14.7 Å². The van der Waals surface area contributed by atoms with Crippen molar-refractivity contribution in [2.45, 2.75) is 38.6 Å². The summed E-state index contributed by atoms with van der Waals surface area (Å²) in [5, 5.41) is 12.5. The lowest BCUT2D eigenvalue weighted by molar-refractivity contribution is -0.155. The van der Waals surface area contributed by atoms with Crippen molar-refractivity contribution in [3.8, 4) is 0 Å². The molecule has 0 aliphatic carbocycles. The molecule has 2 fully saturated rings. The van der Waals surface area contributed by atoms with Crippen LogP contribution >= 0.6 is 0 Å². The standard InChI is InChI=1S/C13H22N2O3/c1-9-4-7-15(11(8-9)13(17)18)12(16)10-2-5-14-6-3-10/h9-11,14H,2-8H2,1H3,(H,17,18). The molecule has 2 rings (SSSR count). The molecule has 5 heteroatoms. The highest BCUT2D eigenvalue weighted by molar-refractivity contribution is 5.85. The number of carboxylic acids is 1. The second-order valence-electron chi connectivity index (χ2n) is 5.54. The van der Waals surface area contributed by atoms with E-state index in [0.717, 1.165) is 32.4 Å². The van der Waals surface area contributed by atoms with Crippen molar-refractivity contribution < 1.29 is 14.7 Å². The van der Waals surface area contributed by atoms with Crippen LogP contribution < -0.4 is 5.32 Å². The Bertz CT molecular complexity index is 326. The predicted molar refractivity (Wildman–Crippen MR) is 67.1 cm³/mol. The van der Waals surface area contributed by atoms with Gasteiger partial charge in [0.1, 0.15) is 6.04 Å². The largest absolute Gasteiger partial charge is 0.480 e. The molecule has 18 heavy (non-hydrogen) atoms. The van der Waals surface area contributed by atoms with E-state index >= 15 is 0 Å². The topological polar surface area (TPSA) is 69.6 Å². The first-order chi connectivity index (χ1) is 8.59. The third kappa shape index (κ3) is 2.83. The number of carbonyl (C=O) groups is 2. The summed E-state index contributed by atoms with van der Waals surface area (Å²) in [6.07, 6.45) is 3.17. The van der Waals surface area contributed by atoms with E-state index in [1.54, 1.807) is 4.90 Å². The first-order valence-electron chi connectivity index (χ1n) is 6.83. The highest BCUT2D eigenvalue weighted by Gasteiger charge is 2.37. The van der Waals surface area contributed by atoms with Gasteiger partial charge in [-0.1, -0.05) is 6.92 Å². The number of hydrogen-bond acceptors (Lipinski definition) is 3. The van der Waals surface area contributed by atoms with Gasteiger partial charge in [-0.15, -0.1) is 0 Å². The van der Waals surface area contributed by atoms with Crippen LogP contribution in [0.1, 0.15) is 32.6 Å². The number of carboxylic acid groups (broad SMARTS) is 1. The fourth-order valence-corrected chi connectivity index (χ4v) is 2.94. The van der Waals surface area contributed by atoms with Crippen LogP contribution in [0.3, 0.4) is 0 Å². The Morgan fingerprint density at radius 1 is 1.22 bits per heavy atom. The molecule has 5 nitrogen and oxygen atoms in total. The summed E-state index contributed by atoms with van der Waals surface area (Å²) in [5.74, 6) is -0.399. The van der Waals surface area contributed by atoms with Crippen molar-refractivity contribution in [2.75, 3.05) is 19.6 Å². The summed E-state index contributed by atoms with van der Waals surface area (Å²) < 4.78 is 0. The van der Waals surface area contributed by atoms with Gasteiger partial charge in [0, 0.05) is 12.5 Å². The maximum atomic E-state index is 12.4. The van der Waals surface area contributed by atoms with Gasteiger partial charge in [0.25, 0.3) is 0 Å². The smallest absolute Gasteiger partial charge is 0.326 e. The third-order valence-electron chi connectivity index (χ3n) is 4.12. The first-order valence-corrected chi connectivity index (χ1v) is 6.83. The van der Waals surface area contributed by atoms with Gasteiger partial charge in [-0.2, -0.15) is 0 Å². The second-order valence-corrected chi connectivity index (χ2v) is 5.54. The molecule has 0 spiro atoms. The molecule has 2 saturated heterocycles. The summed E-state index contributed by atoms with van der Waals surface area (Å²) in [6.45, 7) is 4.37. The molecule has 1 amide bonds. The van der Waals surface area contributed by atoms with Crippen LogP contribution in [0, 0.1) is 11.8 Å². The molecular formula is C13H22N2O3. The Balaban J connectivity index is 2.04.